The molecule has 0 radical (unpaired) electrons. The number of benzene rings is 1. The summed E-state index contributed by atoms with van der Waals surface area (Å²) in [5.74, 6) is 0. The van der Waals surface area contributed by atoms with Crippen LogP contribution in [-0.4, -0.2) is 21.8 Å². The summed E-state index contributed by atoms with van der Waals surface area (Å²) >= 11 is 0. The Balaban J connectivity index is 0.00000177. The van der Waals surface area contributed by atoms with Crippen molar-refractivity contribution in [3.8, 4) is 22.6 Å². The number of unbranched alkanes of at least 4 members (excludes halogenated alkanes) is 2. The largest absolute Gasteiger partial charge is 0.321 e. The lowest BCUT2D eigenvalue weighted by Crippen LogP contribution is -2.25. The van der Waals surface area contributed by atoms with Crippen LogP contribution in [0.3, 0.4) is 0 Å². The number of hydrogen-bond donors (Lipinski definition) is 3. The second kappa shape index (κ2) is 12.7. The fourth-order valence-corrected chi connectivity index (χ4v) is 3.70. The maximum Gasteiger partial charge on any atom is 0.106 e. The van der Waals surface area contributed by atoms with E-state index in [0.29, 0.717) is 0 Å². The van der Waals surface area contributed by atoms with E-state index in [1.807, 2.05) is 46.3 Å². The van der Waals surface area contributed by atoms with Crippen LogP contribution in [0.5, 0.6) is 0 Å². The molecule has 0 unspecified atom stereocenters. The van der Waals surface area contributed by atoms with Crippen molar-refractivity contribution in [1.29, 1.82) is 0 Å². The third kappa shape index (κ3) is 6.01. The monoisotopic (exact) mass is 435 g/mol. The zero-order valence-corrected chi connectivity index (χ0v) is 20.5. The lowest BCUT2D eigenvalue weighted by atomic mass is 9.98. The molecule has 32 heavy (non-hydrogen) atoms. The van der Waals surface area contributed by atoms with E-state index < -0.39 is 0 Å². The molecule has 2 aromatic heterocycles. The molecule has 0 saturated heterocycles. The number of nitrogens with one attached hydrogen (secondary N) is 3. The van der Waals surface area contributed by atoms with Gasteiger partial charge < -0.3 is 5.43 Å². The predicted molar refractivity (Wildman–Crippen MR) is 140 cm³/mol. The summed E-state index contributed by atoms with van der Waals surface area (Å²) in [6.07, 6.45) is 10.4. The van der Waals surface area contributed by atoms with Crippen LogP contribution >= 0.6 is 0 Å². The molecule has 0 bridgehead atoms. The Labute approximate surface area is 195 Å². The van der Waals surface area contributed by atoms with Gasteiger partial charge in [0.05, 0.1) is 17.1 Å². The van der Waals surface area contributed by atoms with E-state index in [1.54, 1.807) is 0 Å². The summed E-state index contributed by atoms with van der Waals surface area (Å²) in [5.41, 5.74) is 15.4. The molecule has 3 N–H and O–H groups in total. The molecule has 5 heteroatoms. The second-order valence-corrected chi connectivity index (χ2v) is 7.59. The number of nitrogens with zero attached hydrogens (tertiary/aromatic N) is 2. The maximum absolute atomic E-state index is 4.64. The Morgan fingerprint density at radius 1 is 1.25 bits per heavy atom. The zero-order chi connectivity index (χ0) is 23.5. The highest BCUT2D eigenvalue weighted by atomic mass is 15.3. The molecule has 0 amide bonds. The van der Waals surface area contributed by atoms with Gasteiger partial charge in [-0.25, -0.2) is 5.43 Å². The van der Waals surface area contributed by atoms with Gasteiger partial charge >= 0.3 is 0 Å². The summed E-state index contributed by atoms with van der Waals surface area (Å²) in [6, 6.07) is 10.8. The number of hydrogen-bond acceptors (Lipinski definition) is 3. The quantitative estimate of drug-likeness (QED) is 0.190. The van der Waals surface area contributed by atoms with E-state index in [1.165, 1.54) is 29.5 Å². The van der Waals surface area contributed by atoms with Crippen LogP contribution in [0.1, 0.15) is 58.2 Å². The first-order valence-electron chi connectivity index (χ1n) is 11.6. The number of hydrazine groups is 1. The first-order valence-corrected chi connectivity index (χ1v) is 11.6. The van der Waals surface area contributed by atoms with Crippen molar-refractivity contribution in [3.63, 3.8) is 0 Å². The van der Waals surface area contributed by atoms with Crippen LogP contribution in [0.4, 0.5) is 0 Å². The third-order valence-corrected chi connectivity index (χ3v) is 5.32. The van der Waals surface area contributed by atoms with Crippen molar-refractivity contribution >= 4 is 5.70 Å². The molecule has 0 saturated carbocycles. The summed E-state index contributed by atoms with van der Waals surface area (Å²) in [4.78, 5) is 4.64. The molecule has 0 aliphatic carbocycles. The fourth-order valence-electron chi connectivity index (χ4n) is 3.70. The summed E-state index contributed by atoms with van der Waals surface area (Å²) in [6.45, 7) is 12.2. The highest BCUT2D eigenvalue weighted by molar-refractivity contribution is 5.80. The first kappa shape index (κ1) is 25.2. The molecular weight excluding hydrogens is 394 g/mol. The van der Waals surface area contributed by atoms with Gasteiger partial charge in [-0.05, 0) is 55.5 Å². The van der Waals surface area contributed by atoms with Crippen LogP contribution in [0.15, 0.2) is 55.3 Å². The van der Waals surface area contributed by atoms with Crippen LogP contribution in [0, 0.1) is 6.92 Å². The molecule has 0 atom stereocenters. The lowest BCUT2D eigenvalue weighted by Gasteiger charge is -2.22. The Morgan fingerprint density at radius 2 is 2.03 bits per heavy atom. The van der Waals surface area contributed by atoms with Crippen molar-refractivity contribution in [2.45, 2.75) is 53.4 Å². The standard InChI is InChI=1S/C25H33N5.C2H6.H2/c1-6-8-9-11-22(28-26-4)20-14-15-27-23(17-20)24-25(30(5)29-24)21-13-12-19(10-7-2)18(3)16-21;1-2;/h7,11-17,26,28-29H,2,6,8-10H2,1,3-5H3;1-2H3;1H/b22-11-;;. The van der Waals surface area contributed by atoms with Gasteiger partial charge in [-0.3, -0.25) is 14.8 Å². The average molecular weight is 436 g/mol. The van der Waals surface area contributed by atoms with Gasteiger partial charge in [-0.15, -0.1) is 6.58 Å². The summed E-state index contributed by atoms with van der Waals surface area (Å²) in [7, 11) is 3.92. The van der Waals surface area contributed by atoms with Gasteiger partial charge in [0.2, 0.25) is 0 Å². The van der Waals surface area contributed by atoms with Crippen molar-refractivity contribution in [3.05, 3.63) is 72.0 Å². The highest BCUT2D eigenvalue weighted by Gasteiger charge is 2.18. The molecule has 0 spiro atoms. The number of aryl methyl sites for hydroxylation is 2. The third-order valence-electron chi connectivity index (χ3n) is 5.32. The Morgan fingerprint density at radius 3 is 2.66 bits per heavy atom. The number of H-pyrrole nitrogens is 1. The number of aromatic amines is 1. The van der Waals surface area contributed by atoms with E-state index in [-0.39, 0.29) is 1.43 Å². The molecule has 0 fully saturated rings. The molecule has 1 aromatic carbocycles. The van der Waals surface area contributed by atoms with Crippen molar-refractivity contribution < 1.29 is 1.43 Å². The van der Waals surface area contributed by atoms with Crippen LogP contribution in [-0.2, 0) is 13.5 Å². The molecular formula is C27H41N5. The SMILES string of the molecule is C=CCc1ccc(-c2c(-c3cc(/C(=C/CCCC)NNC)ccn3)[nH]n2C)cc1C.CC.[HH]. The number of aromatic nitrogens is 3. The molecule has 174 valence electrons. The minimum absolute atomic E-state index is 0. The van der Waals surface area contributed by atoms with Gasteiger partial charge in [-0.2, -0.15) is 0 Å². The van der Waals surface area contributed by atoms with Gasteiger partial charge in [0.15, 0.2) is 0 Å². The maximum atomic E-state index is 4.64. The average Bonchev–Trinajstić information content (AvgIpc) is 2.80. The topological polar surface area (TPSA) is 57.7 Å². The Bertz CT molecular complexity index is 1030. The summed E-state index contributed by atoms with van der Waals surface area (Å²) < 4.78 is 2.05. The molecule has 3 rings (SSSR count). The number of pyridine rings is 1. The molecule has 5 nitrogen and oxygen atoms in total. The Kier molecular flexibility index (Phi) is 10.0. The van der Waals surface area contributed by atoms with E-state index in [0.717, 1.165) is 41.2 Å². The lowest BCUT2D eigenvalue weighted by molar-refractivity contribution is 0.709. The molecule has 0 aliphatic heterocycles. The van der Waals surface area contributed by atoms with E-state index in [4.69, 9.17) is 0 Å². The van der Waals surface area contributed by atoms with Crippen LogP contribution in [0.2, 0.25) is 0 Å². The fraction of sp³-hybridized carbons (Fsp3) is 0.370. The molecule has 2 heterocycles. The van der Waals surface area contributed by atoms with E-state index >= 15 is 0 Å². The van der Waals surface area contributed by atoms with Crippen LogP contribution in [0.25, 0.3) is 28.3 Å². The Hall–Kier alpha value is -3.05. The number of allylic oxidation sites excluding steroid dienone is 2. The van der Waals surface area contributed by atoms with Crippen molar-refractivity contribution in [2.24, 2.45) is 7.05 Å². The molecule has 3 aromatic rings. The first-order chi connectivity index (χ1) is 15.6. The normalized spacial score (nSPS) is 11.1. The van der Waals surface area contributed by atoms with Crippen molar-refractivity contribution in [2.75, 3.05) is 7.05 Å². The molecule has 0 aliphatic rings. The zero-order valence-electron chi connectivity index (χ0n) is 20.5. The second-order valence-electron chi connectivity index (χ2n) is 7.59. The van der Waals surface area contributed by atoms with Gasteiger partial charge in [-0.1, -0.05) is 51.5 Å². The smallest absolute Gasteiger partial charge is 0.106 e. The van der Waals surface area contributed by atoms with E-state index in [2.05, 4.69) is 76.4 Å². The highest BCUT2D eigenvalue weighted by Crippen LogP contribution is 2.33. The van der Waals surface area contributed by atoms with Gasteiger partial charge in [0, 0.05) is 32.8 Å². The minimum Gasteiger partial charge on any atom is -0.321 e. The predicted octanol–water partition coefficient (Wildman–Crippen LogP) is 6.65. The van der Waals surface area contributed by atoms with Gasteiger partial charge in [0.25, 0.3) is 0 Å². The van der Waals surface area contributed by atoms with Crippen LogP contribution < -0.4 is 10.9 Å². The minimum atomic E-state index is 0. The summed E-state index contributed by atoms with van der Waals surface area (Å²) in [5, 5.41) is 3.40. The van der Waals surface area contributed by atoms with Crippen molar-refractivity contribution in [1.82, 2.24) is 25.6 Å². The number of rotatable bonds is 10. The van der Waals surface area contributed by atoms with Gasteiger partial charge in [0.1, 0.15) is 5.69 Å². The van der Waals surface area contributed by atoms with E-state index in [9.17, 15) is 0 Å².